The number of hydrogen-bond acceptors (Lipinski definition) is 7. The van der Waals surface area contributed by atoms with E-state index in [0.29, 0.717) is 25.0 Å². The number of hydrogen-bond donors (Lipinski definition) is 2. The van der Waals surface area contributed by atoms with Crippen molar-refractivity contribution < 1.29 is 34.0 Å². The van der Waals surface area contributed by atoms with E-state index in [1.165, 1.54) is 0 Å². The SMILES string of the molecule is C[C@]1(CO)[C@H]2CC[C@]3(CO3)[C@@H](C/C=C3/C(=O)OC[C@H]3OC(=O)CBr)[C@]2(C)CC[C@H]1O. The number of esters is 2. The molecule has 2 heterocycles. The largest absolute Gasteiger partial charge is 0.458 e. The molecule has 0 unspecified atom stereocenters. The molecule has 2 saturated carbocycles. The van der Waals surface area contributed by atoms with Crippen LogP contribution >= 0.6 is 15.9 Å². The van der Waals surface area contributed by atoms with Crippen molar-refractivity contribution in [2.24, 2.45) is 22.7 Å². The molecule has 7 nitrogen and oxygen atoms in total. The van der Waals surface area contributed by atoms with E-state index >= 15 is 0 Å². The van der Waals surface area contributed by atoms with Gasteiger partial charge in [-0.05, 0) is 49.4 Å². The van der Waals surface area contributed by atoms with E-state index < -0.39 is 29.6 Å². The Labute approximate surface area is 185 Å². The van der Waals surface area contributed by atoms with Gasteiger partial charge in [-0.25, -0.2) is 4.79 Å². The number of aliphatic hydroxyl groups excluding tert-OH is 2. The lowest BCUT2D eigenvalue weighted by Gasteiger charge is -2.60. The van der Waals surface area contributed by atoms with E-state index in [2.05, 4.69) is 22.9 Å². The van der Waals surface area contributed by atoms with Crippen LogP contribution in [-0.2, 0) is 23.8 Å². The second kappa shape index (κ2) is 7.87. The van der Waals surface area contributed by atoms with Gasteiger partial charge in [-0.1, -0.05) is 35.9 Å². The number of halogens is 1. The molecule has 4 aliphatic rings. The summed E-state index contributed by atoms with van der Waals surface area (Å²) in [6.07, 6.45) is 4.55. The van der Waals surface area contributed by atoms with E-state index in [9.17, 15) is 19.8 Å². The Morgan fingerprint density at radius 1 is 1.33 bits per heavy atom. The Morgan fingerprint density at radius 2 is 2.07 bits per heavy atom. The van der Waals surface area contributed by atoms with Crippen molar-refractivity contribution in [3.05, 3.63) is 11.6 Å². The van der Waals surface area contributed by atoms with Crippen molar-refractivity contribution in [2.75, 3.05) is 25.2 Å². The van der Waals surface area contributed by atoms with Gasteiger partial charge in [-0.15, -0.1) is 0 Å². The number of rotatable bonds is 5. The van der Waals surface area contributed by atoms with Gasteiger partial charge in [0.05, 0.1) is 30.5 Å². The zero-order valence-corrected chi connectivity index (χ0v) is 19.2. The summed E-state index contributed by atoms with van der Waals surface area (Å²) >= 11 is 3.07. The van der Waals surface area contributed by atoms with Gasteiger partial charge in [-0.2, -0.15) is 0 Å². The molecule has 2 saturated heterocycles. The Morgan fingerprint density at radius 3 is 2.70 bits per heavy atom. The molecule has 0 aromatic rings. The third-order valence-electron chi connectivity index (χ3n) is 8.36. The fraction of sp³-hybridized carbons (Fsp3) is 0.818. The van der Waals surface area contributed by atoms with Crippen molar-refractivity contribution in [3.8, 4) is 0 Å². The number of cyclic esters (lactones) is 1. The maximum atomic E-state index is 12.3. The second-order valence-corrected chi connectivity index (χ2v) is 10.4. The predicted molar refractivity (Wildman–Crippen MR) is 111 cm³/mol. The third-order valence-corrected chi connectivity index (χ3v) is 8.82. The molecule has 0 amide bonds. The van der Waals surface area contributed by atoms with Gasteiger partial charge in [0.15, 0.2) is 6.10 Å². The number of allylic oxidation sites excluding steroid dienone is 1. The fourth-order valence-electron chi connectivity index (χ4n) is 6.52. The Kier molecular flexibility index (Phi) is 5.83. The Bertz CT molecular complexity index is 748. The van der Waals surface area contributed by atoms with Gasteiger partial charge < -0.3 is 24.4 Å². The maximum absolute atomic E-state index is 12.3. The first-order valence-corrected chi connectivity index (χ1v) is 11.9. The summed E-state index contributed by atoms with van der Waals surface area (Å²) in [7, 11) is 0. The molecule has 168 valence electrons. The van der Waals surface area contributed by atoms with Crippen LogP contribution in [0.4, 0.5) is 0 Å². The van der Waals surface area contributed by atoms with Crippen LogP contribution in [0.15, 0.2) is 11.6 Å². The third kappa shape index (κ3) is 3.44. The Balaban J connectivity index is 1.61. The van der Waals surface area contributed by atoms with Crippen LogP contribution in [0.1, 0.15) is 46.0 Å². The highest BCUT2D eigenvalue weighted by atomic mass is 79.9. The van der Waals surface area contributed by atoms with Crippen LogP contribution in [0.3, 0.4) is 0 Å². The minimum absolute atomic E-state index is 0.0460. The predicted octanol–water partition coefficient (Wildman–Crippen LogP) is 2.12. The molecule has 30 heavy (non-hydrogen) atoms. The van der Waals surface area contributed by atoms with Crippen molar-refractivity contribution in [1.29, 1.82) is 0 Å². The normalized spacial score (nSPS) is 46.6. The number of carbonyl (C=O) groups excluding carboxylic acids is 2. The summed E-state index contributed by atoms with van der Waals surface area (Å²) in [6, 6.07) is 0. The van der Waals surface area contributed by atoms with E-state index in [-0.39, 0.29) is 41.4 Å². The lowest BCUT2D eigenvalue weighted by molar-refractivity contribution is -0.175. The first kappa shape index (κ1) is 22.2. The molecule has 8 heteroatoms. The highest BCUT2D eigenvalue weighted by Gasteiger charge is 2.66. The van der Waals surface area contributed by atoms with Crippen molar-refractivity contribution in [1.82, 2.24) is 0 Å². The van der Waals surface area contributed by atoms with E-state index in [1.54, 1.807) is 0 Å². The first-order chi connectivity index (χ1) is 14.2. The minimum Gasteiger partial charge on any atom is -0.458 e. The maximum Gasteiger partial charge on any atom is 0.337 e. The fourth-order valence-corrected chi connectivity index (χ4v) is 6.65. The van der Waals surface area contributed by atoms with Crippen LogP contribution in [0.25, 0.3) is 0 Å². The summed E-state index contributed by atoms with van der Waals surface area (Å²) in [4.78, 5) is 24.0. The summed E-state index contributed by atoms with van der Waals surface area (Å²) < 4.78 is 16.5. The van der Waals surface area contributed by atoms with Crippen LogP contribution in [0, 0.1) is 22.7 Å². The van der Waals surface area contributed by atoms with Crippen molar-refractivity contribution in [3.63, 3.8) is 0 Å². The molecule has 2 aliphatic heterocycles. The zero-order chi connectivity index (χ0) is 21.7. The van der Waals surface area contributed by atoms with Crippen LogP contribution in [0.5, 0.6) is 0 Å². The molecule has 1 spiro atoms. The number of carbonyl (C=O) groups is 2. The standard InChI is InChI=1S/C22H31BrO7/c1-20-7-6-17(25)21(2,11-24)15(20)5-8-22(12-29-22)16(20)4-3-13-14(10-28-19(13)27)30-18(26)9-23/h3,14-17,24-25H,4-12H2,1-2H3/b13-3+/t14-,15+,16+,17-,20-,21+,22+/m1/s1. The van der Waals surface area contributed by atoms with Gasteiger partial charge in [0.25, 0.3) is 0 Å². The first-order valence-electron chi connectivity index (χ1n) is 10.8. The number of fused-ring (bicyclic) bond motifs is 1. The average molecular weight is 487 g/mol. The second-order valence-electron chi connectivity index (χ2n) is 9.83. The van der Waals surface area contributed by atoms with Crippen LogP contribution < -0.4 is 0 Å². The lowest BCUT2D eigenvalue weighted by Crippen LogP contribution is -2.60. The monoisotopic (exact) mass is 486 g/mol. The molecule has 0 bridgehead atoms. The molecule has 2 N–H and O–H groups in total. The van der Waals surface area contributed by atoms with E-state index in [0.717, 1.165) is 19.3 Å². The number of ether oxygens (including phenoxy) is 3. The van der Waals surface area contributed by atoms with Gasteiger partial charge >= 0.3 is 11.9 Å². The summed E-state index contributed by atoms with van der Waals surface area (Å²) in [5, 5.41) is 20.9. The quantitative estimate of drug-likeness (QED) is 0.265. The minimum atomic E-state index is -0.679. The van der Waals surface area contributed by atoms with Gasteiger partial charge in [0.1, 0.15) is 11.9 Å². The molecular formula is C22H31BrO7. The van der Waals surface area contributed by atoms with Crippen molar-refractivity contribution >= 4 is 27.9 Å². The topological polar surface area (TPSA) is 106 Å². The summed E-state index contributed by atoms with van der Waals surface area (Å²) in [6.45, 7) is 4.94. The molecule has 0 radical (unpaired) electrons. The number of aliphatic hydroxyl groups is 2. The average Bonchev–Trinajstić information content (AvgIpc) is 3.42. The highest BCUT2D eigenvalue weighted by molar-refractivity contribution is 9.09. The van der Waals surface area contributed by atoms with Gasteiger partial charge in [0.2, 0.25) is 0 Å². The van der Waals surface area contributed by atoms with Crippen LogP contribution in [-0.4, -0.2) is 65.1 Å². The summed E-state index contributed by atoms with van der Waals surface area (Å²) in [5.74, 6) is -0.564. The molecule has 4 rings (SSSR count). The highest BCUT2D eigenvalue weighted by Crippen LogP contribution is 2.66. The van der Waals surface area contributed by atoms with Gasteiger partial charge in [0, 0.05) is 5.41 Å². The number of alkyl halides is 1. The zero-order valence-electron chi connectivity index (χ0n) is 17.6. The molecular weight excluding hydrogens is 456 g/mol. The van der Waals surface area contributed by atoms with E-state index in [4.69, 9.17) is 14.2 Å². The smallest absolute Gasteiger partial charge is 0.337 e. The van der Waals surface area contributed by atoms with Crippen molar-refractivity contribution in [2.45, 2.75) is 63.8 Å². The van der Waals surface area contributed by atoms with Crippen LogP contribution in [0.2, 0.25) is 0 Å². The Hall–Kier alpha value is -0.960. The summed E-state index contributed by atoms with van der Waals surface area (Å²) in [5.41, 5.74) is -0.486. The van der Waals surface area contributed by atoms with Gasteiger partial charge in [-0.3, -0.25) is 4.79 Å². The van der Waals surface area contributed by atoms with E-state index in [1.807, 2.05) is 13.0 Å². The molecule has 0 aromatic heterocycles. The molecule has 2 aliphatic carbocycles. The lowest BCUT2D eigenvalue weighted by atomic mass is 9.45. The molecule has 4 fully saturated rings. The number of epoxide rings is 1. The molecule has 7 atom stereocenters. The molecule has 0 aromatic carbocycles.